The number of fused-ring (bicyclic) bond motifs is 1. The molecule has 0 bridgehead atoms. The number of carbonyl (C=O) groups excluding carboxylic acids is 2. The molecule has 28 heavy (non-hydrogen) atoms. The monoisotopic (exact) mass is 378 g/mol. The Morgan fingerprint density at radius 3 is 2.43 bits per heavy atom. The van der Waals surface area contributed by atoms with E-state index >= 15 is 0 Å². The van der Waals surface area contributed by atoms with Gasteiger partial charge in [0.15, 0.2) is 0 Å². The van der Waals surface area contributed by atoms with E-state index in [4.69, 9.17) is 0 Å². The smallest absolute Gasteiger partial charge is 0.309 e. The lowest BCUT2D eigenvalue weighted by Gasteiger charge is -2.14. The minimum absolute atomic E-state index is 0.0436. The van der Waals surface area contributed by atoms with Crippen LogP contribution >= 0.6 is 0 Å². The average molecular weight is 378 g/mol. The van der Waals surface area contributed by atoms with Crippen LogP contribution in [0.5, 0.6) is 0 Å². The van der Waals surface area contributed by atoms with Crippen molar-refractivity contribution in [2.45, 2.75) is 32.4 Å². The summed E-state index contributed by atoms with van der Waals surface area (Å²) in [5, 5.41) is 12.8. The van der Waals surface area contributed by atoms with E-state index in [1.165, 1.54) is 5.56 Å². The summed E-state index contributed by atoms with van der Waals surface area (Å²) < 4.78 is 0. The van der Waals surface area contributed by atoms with Gasteiger partial charge in [0.2, 0.25) is 0 Å². The van der Waals surface area contributed by atoms with Crippen LogP contribution in [0.2, 0.25) is 0 Å². The minimum Gasteiger partial charge on any atom is -0.345 e. The number of nitrogens with zero attached hydrogens (tertiary/aromatic N) is 1. The van der Waals surface area contributed by atoms with E-state index in [2.05, 4.69) is 20.8 Å². The zero-order chi connectivity index (χ0) is 19.9. The van der Waals surface area contributed by atoms with Crippen molar-refractivity contribution in [3.63, 3.8) is 0 Å². The number of benzene rings is 2. The maximum atomic E-state index is 12.1. The van der Waals surface area contributed by atoms with Crippen LogP contribution in [-0.2, 0) is 22.6 Å². The fourth-order valence-electron chi connectivity index (χ4n) is 2.94. The Bertz CT molecular complexity index is 1030. The van der Waals surface area contributed by atoms with Crippen LogP contribution in [0.25, 0.3) is 10.8 Å². The van der Waals surface area contributed by atoms with Crippen molar-refractivity contribution in [3.05, 3.63) is 76.2 Å². The molecule has 0 aliphatic heterocycles. The highest BCUT2D eigenvalue weighted by atomic mass is 16.2. The van der Waals surface area contributed by atoms with Gasteiger partial charge in [-0.3, -0.25) is 14.4 Å². The van der Waals surface area contributed by atoms with Gasteiger partial charge in [0.25, 0.3) is 5.56 Å². The van der Waals surface area contributed by atoms with Gasteiger partial charge in [-0.2, -0.15) is 5.10 Å². The number of carbonyl (C=O) groups is 2. The molecule has 3 N–H and O–H groups in total. The van der Waals surface area contributed by atoms with Gasteiger partial charge in [-0.25, -0.2) is 5.10 Å². The Morgan fingerprint density at radius 1 is 1.00 bits per heavy atom. The summed E-state index contributed by atoms with van der Waals surface area (Å²) in [6.45, 7) is 1.91. The first kappa shape index (κ1) is 19.3. The highest BCUT2D eigenvalue weighted by Crippen LogP contribution is 2.11. The molecule has 7 heteroatoms. The molecule has 0 saturated heterocycles. The van der Waals surface area contributed by atoms with Crippen LogP contribution in [0.1, 0.15) is 24.6 Å². The molecular formula is C21H22N4O3. The molecule has 1 heterocycles. The van der Waals surface area contributed by atoms with E-state index < -0.39 is 11.8 Å². The molecule has 2 aromatic carbocycles. The molecule has 0 unspecified atom stereocenters. The highest BCUT2D eigenvalue weighted by molar-refractivity contribution is 6.35. The van der Waals surface area contributed by atoms with Gasteiger partial charge in [0.1, 0.15) is 0 Å². The van der Waals surface area contributed by atoms with Crippen LogP contribution in [0.15, 0.2) is 59.4 Å². The van der Waals surface area contributed by atoms with Crippen LogP contribution < -0.4 is 16.2 Å². The van der Waals surface area contributed by atoms with Gasteiger partial charge in [-0.15, -0.1) is 0 Å². The Balaban J connectivity index is 1.53. The van der Waals surface area contributed by atoms with Crippen molar-refractivity contribution in [3.8, 4) is 0 Å². The average Bonchev–Trinajstić information content (AvgIpc) is 2.72. The summed E-state index contributed by atoms with van der Waals surface area (Å²) in [5.41, 5.74) is 1.38. The fourth-order valence-corrected chi connectivity index (χ4v) is 2.94. The molecule has 0 aliphatic rings. The summed E-state index contributed by atoms with van der Waals surface area (Å²) >= 11 is 0. The van der Waals surface area contributed by atoms with Crippen LogP contribution in [0, 0.1) is 0 Å². The normalized spacial score (nSPS) is 11.8. The summed E-state index contributed by atoms with van der Waals surface area (Å²) in [4.78, 5) is 36.0. The molecular weight excluding hydrogens is 356 g/mol. The van der Waals surface area contributed by atoms with Gasteiger partial charge < -0.3 is 10.6 Å². The molecule has 3 rings (SSSR count). The predicted molar refractivity (Wildman–Crippen MR) is 107 cm³/mol. The number of hydrogen-bond donors (Lipinski definition) is 3. The summed E-state index contributed by atoms with van der Waals surface area (Å²) in [6.07, 6.45) is 1.55. The third kappa shape index (κ3) is 4.82. The topological polar surface area (TPSA) is 104 Å². The number of aromatic nitrogens is 2. The molecule has 144 valence electrons. The van der Waals surface area contributed by atoms with E-state index in [0.717, 1.165) is 12.8 Å². The van der Waals surface area contributed by atoms with Gasteiger partial charge in [0.05, 0.1) is 17.6 Å². The molecule has 1 aromatic heterocycles. The number of rotatable bonds is 6. The van der Waals surface area contributed by atoms with Crippen molar-refractivity contribution in [1.82, 2.24) is 20.8 Å². The lowest BCUT2D eigenvalue weighted by atomic mass is 10.1. The first-order chi connectivity index (χ1) is 13.5. The zero-order valence-corrected chi connectivity index (χ0v) is 15.6. The van der Waals surface area contributed by atoms with E-state index in [9.17, 15) is 14.4 Å². The Kier molecular flexibility index (Phi) is 6.16. The molecule has 1 atom stereocenters. The minimum atomic E-state index is -0.733. The standard InChI is InChI=1S/C21H22N4O3/c1-14(11-12-15-7-3-2-4-8-15)23-21(28)20(27)22-13-18-16-9-5-6-10-17(16)19(26)25-24-18/h2-10,14H,11-13H2,1H3,(H,22,27)(H,23,28)(H,25,26)/t14-/m0/s1. The first-order valence-corrected chi connectivity index (χ1v) is 9.13. The number of aromatic amines is 1. The number of H-pyrrole nitrogens is 1. The molecule has 0 radical (unpaired) electrons. The molecule has 0 fully saturated rings. The predicted octanol–water partition coefficient (Wildman–Crippen LogP) is 1.68. The number of nitrogens with one attached hydrogen (secondary N) is 3. The fraction of sp³-hybridized carbons (Fsp3) is 0.238. The van der Waals surface area contributed by atoms with Crippen molar-refractivity contribution in [1.29, 1.82) is 0 Å². The number of amides is 2. The molecule has 2 amide bonds. The molecule has 0 spiro atoms. The van der Waals surface area contributed by atoms with Crippen molar-refractivity contribution in [2.75, 3.05) is 0 Å². The van der Waals surface area contributed by atoms with Crippen LogP contribution in [-0.4, -0.2) is 28.1 Å². The SMILES string of the molecule is C[C@@H](CCc1ccccc1)NC(=O)C(=O)NCc1n[nH]c(=O)c2ccccc12. The maximum absolute atomic E-state index is 12.1. The van der Waals surface area contributed by atoms with Crippen LogP contribution in [0.4, 0.5) is 0 Å². The Morgan fingerprint density at radius 2 is 1.68 bits per heavy atom. The largest absolute Gasteiger partial charge is 0.345 e. The van der Waals surface area contributed by atoms with E-state index in [1.807, 2.05) is 37.3 Å². The van der Waals surface area contributed by atoms with Gasteiger partial charge >= 0.3 is 11.8 Å². The number of aryl methyl sites for hydroxylation is 1. The second kappa shape index (κ2) is 8.94. The summed E-state index contributed by atoms with van der Waals surface area (Å²) in [7, 11) is 0. The summed E-state index contributed by atoms with van der Waals surface area (Å²) in [5.74, 6) is -1.42. The van der Waals surface area contributed by atoms with Crippen molar-refractivity contribution in [2.24, 2.45) is 0 Å². The maximum Gasteiger partial charge on any atom is 0.309 e. The van der Waals surface area contributed by atoms with Gasteiger partial charge in [0, 0.05) is 11.4 Å². The van der Waals surface area contributed by atoms with Gasteiger partial charge in [-0.05, 0) is 31.4 Å². The number of hydrogen-bond acceptors (Lipinski definition) is 4. The molecule has 3 aromatic rings. The Hall–Kier alpha value is -3.48. The van der Waals surface area contributed by atoms with E-state index in [1.54, 1.807) is 24.3 Å². The van der Waals surface area contributed by atoms with Crippen molar-refractivity contribution < 1.29 is 9.59 Å². The first-order valence-electron chi connectivity index (χ1n) is 9.13. The van der Waals surface area contributed by atoms with Crippen LogP contribution in [0.3, 0.4) is 0 Å². The Labute approximate surface area is 162 Å². The molecule has 0 aliphatic carbocycles. The van der Waals surface area contributed by atoms with Crippen molar-refractivity contribution >= 4 is 22.6 Å². The zero-order valence-electron chi connectivity index (χ0n) is 15.6. The summed E-state index contributed by atoms with van der Waals surface area (Å²) in [6, 6.07) is 16.8. The highest BCUT2D eigenvalue weighted by Gasteiger charge is 2.16. The third-order valence-electron chi connectivity index (χ3n) is 4.48. The quantitative estimate of drug-likeness (QED) is 0.568. The molecule has 7 nitrogen and oxygen atoms in total. The van der Waals surface area contributed by atoms with Gasteiger partial charge in [-0.1, -0.05) is 48.5 Å². The second-order valence-corrected chi connectivity index (χ2v) is 6.63. The molecule has 0 saturated carbocycles. The lowest BCUT2D eigenvalue weighted by molar-refractivity contribution is -0.139. The van der Waals surface area contributed by atoms with E-state index in [-0.39, 0.29) is 18.1 Å². The second-order valence-electron chi connectivity index (χ2n) is 6.63. The lowest BCUT2D eigenvalue weighted by Crippen LogP contribution is -2.43. The van der Waals surface area contributed by atoms with E-state index in [0.29, 0.717) is 16.5 Å². The third-order valence-corrected chi connectivity index (χ3v) is 4.48.